The zero-order valence-corrected chi connectivity index (χ0v) is 23.3. The second-order valence-corrected chi connectivity index (χ2v) is 11.0. The number of ether oxygens (including phenoxy) is 3. The van der Waals surface area contributed by atoms with E-state index in [2.05, 4.69) is 22.7 Å². The molecule has 1 N–H and O–H groups in total. The maximum atomic E-state index is 13.5. The Morgan fingerprint density at radius 3 is 2.50 bits per heavy atom. The molecule has 0 bridgehead atoms. The van der Waals surface area contributed by atoms with Gasteiger partial charge in [0.2, 0.25) is 0 Å². The summed E-state index contributed by atoms with van der Waals surface area (Å²) >= 11 is 0. The number of fused-ring (bicyclic) bond motifs is 1. The van der Waals surface area contributed by atoms with Gasteiger partial charge < -0.3 is 18.7 Å². The van der Waals surface area contributed by atoms with E-state index in [0.29, 0.717) is 35.3 Å². The fourth-order valence-electron chi connectivity index (χ4n) is 6.76. The van der Waals surface area contributed by atoms with Crippen LogP contribution in [0.15, 0.2) is 73.0 Å². The smallest absolute Gasteiger partial charge is 0.497 e. The van der Waals surface area contributed by atoms with Crippen LogP contribution in [0.2, 0.25) is 0 Å². The number of hydrogen-bond acceptors (Lipinski definition) is 4. The molecule has 1 amide bonds. The number of nitrogens with one attached hydrogen (secondary N) is 1. The third-order valence-corrected chi connectivity index (χ3v) is 8.62. The van der Waals surface area contributed by atoms with Crippen molar-refractivity contribution in [2.24, 2.45) is 0 Å². The molecule has 2 aromatic rings. The number of likely N-dealkylation sites (tertiary alicyclic amines) is 1. The Balaban J connectivity index is 1.78. The molecule has 1 heterocycles. The number of alkyl halides is 3. The second-order valence-electron chi connectivity index (χ2n) is 11.0. The van der Waals surface area contributed by atoms with Crippen LogP contribution in [0.1, 0.15) is 43.2 Å². The van der Waals surface area contributed by atoms with E-state index in [1.807, 2.05) is 25.2 Å². The number of methoxy groups -OCH3 is 2. The van der Waals surface area contributed by atoms with Crippen LogP contribution in [0.4, 0.5) is 13.2 Å². The van der Waals surface area contributed by atoms with Crippen LogP contribution in [0, 0.1) is 0 Å². The lowest BCUT2D eigenvalue weighted by atomic mass is 9.55. The fourth-order valence-corrected chi connectivity index (χ4v) is 6.76. The Morgan fingerprint density at radius 2 is 1.85 bits per heavy atom. The monoisotopic (exact) mass is 559 g/mol. The number of hydrogen-bond donors (Lipinski definition) is 1. The number of amides is 1. The van der Waals surface area contributed by atoms with Crippen LogP contribution in [-0.2, 0) is 19.7 Å². The quantitative estimate of drug-likeness (QED) is 0.179. The van der Waals surface area contributed by atoms with Gasteiger partial charge in [0, 0.05) is 18.9 Å². The van der Waals surface area contributed by atoms with E-state index in [0.717, 1.165) is 37.3 Å². The maximum absolute atomic E-state index is 13.5. The van der Waals surface area contributed by atoms with Gasteiger partial charge in [-0.1, -0.05) is 61.9 Å². The largest absolute Gasteiger partial charge is 0.573 e. The van der Waals surface area contributed by atoms with Crippen molar-refractivity contribution in [1.82, 2.24) is 5.32 Å². The summed E-state index contributed by atoms with van der Waals surface area (Å²) < 4.78 is 56.7. The number of nitrogens with zero attached hydrogens (tertiary/aromatic N) is 1. The molecule has 2 fully saturated rings. The average Bonchev–Trinajstić information content (AvgIpc) is 2.93. The Labute approximate surface area is 234 Å². The highest BCUT2D eigenvalue weighted by molar-refractivity contribution is 5.96. The van der Waals surface area contributed by atoms with Gasteiger partial charge in [-0.25, -0.2) is 0 Å². The normalized spacial score (nSPS) is 28.8. The molecule has 2 unspecified atom stereocenters. The third-order valence-electron chi connectivity index (χ3n) is 8.62. The van der Waals surface area contributed by atoms with Gasteiger partial charge in [-0.2, -0.15) is 0 Å². The summed E-state index contributed by atoms with van der Waals surface area (Å²) in [6, 6.07) is 16.2. The maximum Gasteiger partial charge on any atom is 0.573 e. The molecule has 40 heavy (non-hydrogen) atoms. The predicted molar refractivity (Wildman–Crippen MR) is 147 cm³/mol. The predicted octanol–water partition coefficient (Wildman–Crippen LogP) is 5.95. The molecule has 0 radical (unpaired) electrons. The Morgan fingerprint density at radius 1 is 1.12 bits per heavy atom. The van der Waals surface area contributed by atoms with Gasteiger partial charge in [0.25, 0.3) is 5.91 Å². The van der Waals surface area contributed by atoms with Crippen LogP contribution in [0.25, 0.3) is 6.08 Å². The average molecular weight is 560 g/mol. The number of carbonyl (C=O) groups excluding carboxylic acids is 1. The first-order chi connectivity index (χ1) is 19.0. The minimum Gasteiger partial charge on any atom is -0.497 e. The molecule has 1 saturated heterocycles. The first kappa shape index (κ1) is 29.7. The van der Waals surface area contributed by atoms with Gasteiger partial charge in [-0.3, -0.25) is 10.1 Å². The van der Waals surface area contributed by atoms with Crippen molar-refractivity contribution in [3.8, 4) is 5.75 Å². The standard InChI is InChI=1S/C31H37F3N2O4/c1-5-18-36(2)22-30(39-4)17-10-9-16-29(30,24-14-11-15-25(20-24)38-3)21-27(36)35-28(37)26(40-31(32,33)34)19-23-12-7-6-8-13-23/h5-8,11-15,19-20,27H,1,9-10,16-18,21-22H2,2-4H3/p+1/t27-,29?,30?,36+/m0/s1. The molecular formula is C31H38F3N2O4+. The molecule has 9 heteroatoms. The number of rotatable bonds is 9. The van der Waals surface area contributed by atoms with Crippen molar-refractivity contribution in [2.45, 2.75) is 55.6 Å². The zero-order chi connectivity index (χ0) is 29.0. The molecule has 0 aromatic heterocycles. The number of halogens is 3. The summed E-state index contributed by atoms with van der Waals surface area (Å²) in [7, 11) is 5.34. The lowest BCUT2D eigenvalue weighted by molar-refractivity contribution is -0.944. The number of likely N-dealkylation sites (N-methyl/N-ethyl adjacent to an activating group) is 1. The molecule has 216 valence electrons. The second kappa shape index (κ2) is 11.7. The first-order valence-electron chi connectivity index (χ1n) is 13.5. The third kappa shape index (κ3) is 5.90. The summed E-state index contributed by atoms with van der Waals surface area (Å²) in [5, 5.41) is 2.94. The van der Waals surface area contributed by atoms with Crippen LogP contribution in [0.3, 0.4) is 0 Å². The van der Waals surface area contributed by atoms with Gasteiger partial charge in [-0.15, -0.1) is 13.2 Å². The van der Waals surface area contributed by atoms with E-state index in [1.165, 1.54) is 0 Å². The lowest BCUT2D eigenvalue weighted by Crippen LogP contribution is -2.76. The van der Waals surface area contributed by atoms with Crippen molar-refractivity contribution in [2.75, 3.05) is 34.4 Å². The topological polar surface area (TPSA) is 56.8 Å². The van der Waals surface area contributed by atoms with Gasteiger partial charge >= 0.3 is 6.36 Å². The van der Waals surface area contributed by atoms with Crippen molar-refractivity contribution in [3.05, 3.63) is 84.1 Å². The molecule has 6 nitrogen and oxygen atoms in total. The molecule has 0 spiro atoms. The molecule has 1 aliphatic carbocycles. The molecule has 2 aromatic carbocycles. The van der Waals surface area contributed by atoms with Crippen LogP contribution in [0.5, 0.6) is 5.75 Å². The van der Waals surface area contributed by atoms with Crippen molar-refractivity contribution in [3.63, 3.8) is 0 Å². The first-order valence-corrected chi connectivity index (χ1v) is 13.5. The van der Waals surface area contributed by atoms with Gasteiger partial charge in [-0.05, 0) is 48.3 Å². The van der Waals surface area contributed by atoms with Crippen LogP contribution >= 0.6 is 0 Å². The van der Waals surface area contributed by atoms with Crippen LogP contribution < -0.4 is 10.1 Å². The fraction of sp³-hybridized carbons (Fsp3) is 0.452. The van der Waals surface area contributed by atoms with Gasteiger partial charge in [0.15, 0.2) is 11.9 Å². The zero-order valence-electron chi connectivity index (χ0n) is 23.3. The van der Waals surface area contributed by atoms with E-state index >= 15 is 0 Å². The number of piperidine rings is 1. The lowest BCUT2D eigenvalue weighted by Gasteiger charge is -2.62. The summed E-state index contributed by atoms with van der Waals surface area (Å²) in [6.45, 7) is 4.96. The van der Waals surface area contributed by atoms with Crippen LogP contribution in [-0.4, -0.2) is 62.9 Å². The number of quaternary nitrogens is 1. The van der Waals surface area contributed by atoms with E-state index < -0.39 is 35.2 Å². The Hall–Kier alpha value is -3.30. The molecule has 4 rings (SSSR count). The molecule has 1 saturated carbocycles. The summed E-state index contributed by atoms with van der Waals surface area (Å²) in [5.41, 5.74) is 0.396. The number of benzene rings is 2. The van der Waals surface area contributed by atoms with E-state index in [4.69, 9.17) is 9.47 Å². The van der Waals surface area contributed by atoms with E-state index in [9.17, 15) is 18.0 Å². The van der Waals surface area contributed by atoms with E-state index in [-0.39, 0.29) is 0 Å². The van der Waals surface area contributed by atoms with Crippen molar-refractivity contribution in [1.29, 1.82) is 0 Å². The highest BCUT2D eigenvalue weighted by Crippen LogP contribution is 2.56. The summed E-state index contributed by atoms with van der Waals surface area (Å²) in [5.74, 6) is -1.03. The molecule has 4 atom stereocenters. The number of carbonyl (C=O) groups is 1. The Kier molecular flexibility index (Phi) is 8.66. The van der Waals surface area contributed by atoms with E-state index in [1.54, 1.807) is 50.6 Å². The van der Waals surface area contributed by atoms with Gasteiger partial charge in [0.1, 0.15) is 17.9 Å². The SMILES string of the molecule is C=CC[N@+]1(C)CC2(OC)CCCCC2(c2cccc(OC)c2)C[C@H]1NC(=O)C(=Cc1ccccc1)OC(F)(F)F. The van der Waals surface area contributed by atoms with Crippen molar-refractivity contribution < 1.29 is 36.7 Å². The van der Waals surface area contributed by atoms with Crippen molar-refractivity contribution >= 4 is 12.0 Å². The molecular weight excluding hydrogens is 521 g/mol. The highest BCUT2D eigenvalue weighted by atomic mass is 19.4. The van der Waals surface area contributed by atoms with Gasteiger partial charge in [0.05, 0.1) is 20.7 Å². The molecule has 2 aliphatic rings. The summed E-state index contributed by atoms with van der Waals surface area (Å²) in [6.07, 6.45) is 1.35. The molecule has 1 aliphatic heterocycles. The summed E-state index contributed by atoms with van der Waals surface area (Å²) in [4.78, 5) is 13.5. The minimum atomic E-state index is -5.03. The Bertz CT molecular complexity index is 1230. The highest BCUT2D eigenvalue weighted by Gasteiger charge is 2.64. The minimum absolute atomic E-state index is 0.319.